The molecular weight excluding hydrogens is 333 g/mol. The van der Waals surface area contributed by atoms with Crippen molar-refractivity contribution in [3.63, 3.8) is 0 Å². The second kappa shape index (κ2) is 7.56. The van der Waals surface area contributed by atoms with Crippen LogP contribution in [0.15, 0.2) is 42.5 Å². The van der Waals surface area contributed by atoms with Gasteiger partial charge in [0.05, 0.1) is 0 Å². The summed E-state index contributed by atoms with van der Waals surface area (Å²) in [7, 11) is 0. The molecule has 0 saturated heterocycles. The maximum Gasteiger partial charge on any atom is 0.326 e. The number of fused-ring (bicyclic) bond motifs is 1. The highest BCUT2D eigenvalue weighted by Gasteiger charge is 2.28. The summed E-state index contributed by atoms with van der Waals surface area (Å²) < 4.78 is 13.0. The van der Waals surface area contributed by atoms with Crippen LogP contribution < -0.4 is 15.5 Å². The van der Waals surface area contributed by atoms with Gasteiger partial charge in [-0.25, -0.2) is 9.18 Å². The number of anilines is 2. The average molecular weight is 355 g/mol. The Labute approximate surface area is 152 Å². The molecule has 0 saturated carbocycles. The Bertz CT molecular complexity index is 820. The smallest absolute Gasteiger partial charge is 0.326 e. The van der Waals surface area contributed by atoms with Gasteiger partial charge in [-0.2, -0.15) is 0 Å². The molecule has 2 aromatic rings. The van der Waals surface area contributed by atoms with Gasteiger partial charge in [-0.1, -0.05) is 13.0 Å². The third-order valence-electron chi connectivity index (χ3n) is 4.60. The molecule has 6 heteroatoms. The summed E-state index contributed by atoms with van der Waals surface area (Å²) in [5.41, 5.74) is 2.75. The Hall–Kier alpha value is -2.89. The SMILES string of the molecule is CC[C@H](C)NC(=O)c1cccc2c1CCN2C(=O)Nc1ccc(F)cc1. The molecular formula is C20H22FN3O2. The lowest BCUT2D eigenvalue weighted by molar-refractivity contribution is 0.0938. The summed E-state index contributed by atoms with van der Waals surface area (Å²) in [6.07, 6.45) is 1.48. The number of halogens is 1. The van der Waals surface area contributed by atoms with Crippen LogP contribution in [-0.4, -0.2) is 24.5 Å². The fraction of sp³-hybridized carbons (Fsp3) is 0.300. The predicted molar refractivity (Wildman–Crippen MR) is 100 cm³/mol. The lowest BCUT2D eigenvalue weighted by Crippen LogP contribution is -2.33. The molecule has 1 heterocycles. The summed E-state index contributed by atoms with van der Waals surface area (Å²) in [5.74, 6) is -0.469. The van der Waals surface area contributed by atoms with Crippen LogP contribution in [0, 0.1) is 5.82 Å². The maximum absolute atomic E-state index is 13.0. The van der Waals surface area contributed by atoms with Gasteiger partial charge in [-0.05, 0) is 61.7 Å². The zero-order valence-electron chi connectivity index (χ0n) is 14.9. The number of amides is 3. The van der Waals surface area contributed by atoms with Crippen LogP contribution >= 0.6 is 0 Å². The second-order valence-corrected chi connectivity index (χ2v) is 6.42. The molecule has 5 nitrogen and oxygen atoms in total. The number of urea groups is 1. The minimum atomic E-state index is -0.355. The summed E-state index contributed by atoms with van der Waals surface area (Å²) in [6.45, 7) is 4.47. The Morgan fingerprint density at radius 2 is 1.92 bits per heavy atom. The molecule has 3 amide bonds. The monoisotopic (exact) mass is 355 g/mol. The Morgan fingerprint density at radius 1 is 1.19 bits per heavy atom. The van der Waals surface area contributed by atoms with Gasteiger partial charge < -0.3 is 10.6 Å². The number of nitrogens with one attached hydrogen (secondary N) is 2. The molecule has 0 aliphatic carbocycles. The van der Waals surface area contributed by atoms with Crippen molar-refractivity contribution in [2.45, 2.75) is 32.7 Å². The van der Waals surface area contributed by atoms with E-state index in [2.05, 4.69) is 10.6 Å². The topological polar surface area (TPSA) is 61.4 Å². The number of benzene rings is 2. The second-order valence-electron chi connectivity index (χ2n) is 6.42. The first-order chi connectivity index (χ1) is 12.5. The van der Waals surface area contributed by atoms with E-state index in [9.17, 15) is 14.0 Å². The highest BCUT2D eigenvalue weighted by atomic mass is 19.1. The molecule has 26 heavy (non-hydrogen) atoms. The van der Waals surface area contributed by atoms with Crippen molar-refractivity contribution >= 4 is 23.3 Å². The highest BCUT2D eigenvalue weighted by Crippen LogP contribution is 2.31. The molecule has 0 radical (unpaired) electrons. The summed E-state index contributed by atoms with van der Waals surface area (Å²) in [5, 5.41) is 5.73. The first-order valence-corrected chi connectivity index (χ1v) is 8.76. The molecule has 0 unspecified atom stereocenters. The third-order valence-corrected chi connectivity index (χ3v) is 4.60. The van der Waals surface area contributed by atoms with E-state index in [0.717, 1.165) is 17.7 Å². The quantitative estimate of drug-likeness (QED) is 0.872. The van der Waals surface area contributed by atoms with Gasteiger partial charge in [0.2, 0.25) is 0 Å². The molecule has 0 bridgehead atoms. The van der Waals surface area contributed by atoms with E-state index in [-0.39, 0.29) is 23.8 Å². The van der Waals surface area contributed by atoms with Gasteiger partial charge in [0, 0.05) is 29.5 Å². The summed E-state index contributed by atoms with van der Waals surface area (Å²) >= 11 is 0. The van der Waals surface area contributed by atoms with Crippen LogP contribution in [0.1, 0.15) is 36.2 Å². The van der Waals surface area contributed by atoms with E-state index in [1.807, 2.05) is 19.9 Å². The van der Waals surface area contributed by atoms with Gasteiger partial charge in [0.15, 0.2) is 0 Å². The van der Waals surface area contributed by atoms with Gasteiger partial charge in [-0.3, -0.25) is 9.69 Å². The van der Waals surface area contributed by atoms with Crippen molar-refractivity contribution in [1.29, 1.82) is 0 Å². The molecule has 0 aromatic heterocycles. The lowest BCUT2D eigenvalue weighted by atomic mass is 10.0. The molecule has 0 fully saturated rings. The van der Waals surface area contributed by atoms with Crippen molar-refractivity contribution < 1.29 is 14.0 Å². The predicted octanol–water partition coefficient (Wildman–Crippen LogP) is 3.95. The normalized spacial score (nSPS) is 13.9. The van der Waals surface area contributed by atoms with E-state index in [1.165, 1.54) is 24.3 Å². The van der Waals surface area contributed by atoms with Crippen LogP contribution in [0.5, 0.6) is 0 Å². The van der Waals surface area contributed by atoms with Crippen molar-refractivity contribution in [3.8, 4) is 0 Å². The zero-order valence-corrected chi connectivity index (χ0v) is 14.9. The van der Waals surface area contributed by atoms with Gasteiger partial charge in [0.25, 0.3) is 5.91 Å². The average Bonchev–Trinajstić information content (AvgIpc) is 3.07. The Morgan fingerprint density at radius 3 is 2.62 bits per heavy atom. The lowest BCUT2D eigenvalue weighted by Gasteiger charge is -2.19. The number of nitrogens with zero attached hydrogens (tertiary/aromatic N) is 1. The van der Waals surface area contributed by atoms with Crippen LogP contribution in [-0.2, 0) is 6.42 Å². The summed E-state index contributed by atoms with van der Waals surface area (Å²) in [6, 6.07) is 10.8. The van der Waals surface area contributed by atoms with Crippen molar-refractivity contribution in [1.82, 2.24) is 5.32 Å². The van der Waals surface area contributed by atoms with Crippen molar-refractivity contribution in [3.05, 3.63) is 59.4 Å². The van der Waals surface area contributed by atoms with E-state index >= 15 is 0 Å². The number of carbonyl (C=O) groups is 2. The molecule has 3 rings (SSSR count). The molecule has 2 aromatic carbocycles. The highest BCUT2D eigenvalue weighted by molar-refractivity contribution is 6.05. The molecule has 2 N–H and O–H groups in total. The number of carbonyl (C=O) groups excluding carboxylic acids is 2. The molecule has 1 atom stereocenters. The zero-order chi connectivity index (χ0) is 18.7. The van der Waals surface area contributed by atoms with Crippen molar-refractivity contribution in [2.24, 2.45) is 0 Å². The minimum absolute atomic E-state index is 0.0950. The third kappa shape index (κ3) is 3.69. The van der Waals surface area contributed by atoms with E-state index in [0.29, 0.717) is 24.2 Å². The summed E-state index contributed by atoms with van der Waals surface area (Å²) in [4.78, 5) is 26.7. The largest absolute Gasteiger partial charge is 0.350 e. The number of hydrogen-bond donors (Lipinski definition) is 2. The molecule has 1 aliphatic rings. The maximum atomic E-state index is 13.0. The molecule has 0 spiro atoms. The fourth-order valence-electron chi connectivity index (χ4n) is 2.99. The van der Waals surface area contributed by atoms with Crippen molar-refractivity contribution in [2.75, 3.05) is 16.8 Å². The van der Waals surface area contributed by atoms with Gasteiger partial charge in [0.1, 0.15) is 5.82 Å². The van der Waals surface area contributed by atoms with Crippen LogP contribution in [0.4, 0.5) is 20.6 Å². The first-order valence-electron chi connectivity index (χ1n) is 8.76. The minimum Gasteiger partial charge on any atom is -0.350 e. The number of hydrogen-bond acceptors (Lipinski definition) is 2. The van der Waals surface area contributed by atoms with Crippen LogP contribution in [0.3, 0.4) is 0 Å². The van der Waals surface area contributed by atoms with Crippen LogP contribution in [0.25, 0.3) is 0 Å². The van der Waals surface area contributed by atoms with Gasteiger partial charge >= 0.3 is 6.03 Å². The van der Waals surface area contributed by atoms with Gasteiger partial charge in [-0.15, -0.1) is 0 Å². The molecule has 136 valence electrons. The van der Waals surface area contributed by atoms with E-state index in [1.54, 1.807) is 17.0 Å². The Kier molecular flexibility index (Phi) is 5.21. The van der Waals surface area contributed by atoms with E-state index in [4.69, 9.17) is 0 Å². The fourth-order valence-corrected chi connectivity index (χ4v) is 2.99. The van der Waals surface area contributed by atoms with Crippen LogP contribution in [0.2, 0.25) is 0 Å². The molecule has 1 aliphatic heterocycles. The standard InChI is InChI=1S/C20H22FN3O2/c1-3-13(2)22-19(25)17-5-4-6-18-16(17)11-12-24(18)20(26)23-15-9-7-14(21)8-10-15/h4-10,13H,3,11-12H2,1-2H3,(H,22,25)(H,23,26)/t13-/m0/s1. The van der Waals surface area contributed by atoms with E-state index < -0.39 is 0 Å². The Balaban J connectivity index is 1.79. The number of rotatable bonds is 4. The first kappa shape index (κ1) is 17.9.